The Bertz CT molecular complexity index is 370. The van der Waals surface area contributed by atoms with Crippen LogP contribution in [0.5, 0.6) is 5.75 Å². The predicted molar refractivity (Wildman–Crippen MR) is 70.4 cm³/mol. The van der Waals surface area contributed by atoms with E-state index in [9.17, 15) is 5.11 Å². The van der Waals surface area contributed by atoms with Gasteiger partial charge in [0.05, 0.1) is 0 Å². The molecule has 0 saturated carbocycles. The molecule has 0 unspecified atom stereocenters. The summed E-state index contributed by atoms with van der Waals surface area (Å²) in [5.41, 5.74) is 1.28. The van der Waals surface area contributed by atoms with E-state index < -0.39 is 0 Å². The van der Waals surface area contributed by atoms with Gasteiger partial charge in [-0.15, -0.1) is 0 Å². The number of phenolic OH excluding ortho intramolecular Hbond substituents is 1. The number of nitrogens with zero attached hydrogens (tertiary/aromatic N) is 1. The third-order valence-electron chi connectivity index (χ3n) is 3.46. The zero-order chi connectivity index (χ0) is 12.3. The summed E-state index contributed by atoms with van der Waals surface area (Å²) < 4.78 is 0. The maximum atomic E-state index is 9.56. The molecule has 1 aromatic rings. The molecule has 1 aliphatic heterocycles. The molecule has 0 bridgehead atoms. The van der Waals surface area contributed by atoms with E-state index in [1.165, 1.54) is 5.56 Å². The molecule has 1 saturated heterocycles. The minimum atomic E-state index is 0.0794. The first-order valence-electron chi connectivity index (χ1n) is 6.30. The molecule has 0 amide bonds. The number of benzene rings is 1. The van der Waals surface area contributed by atoms with Gasteiger partial charge in [-0.2, -0.15) is 0 Å². The van der Waals surface area contributed by atoms with Crippen molar-refractivity contribution in [3.63, 3.8) is 0 Å². The second kappa shape index (κ2) is 5.07. The molecule has 1 fully saturated rings. The lowest BCUT2D eigenvalue weighted by atomic mass is 9.84. The lowest BCUT2D eigenvalue weighted by Gasteiger charge is -2.35. The molecule has 94 valence electrons. The Kier molecular flexibility index (Phi) is 3.69. The van der Waals surface area contributed by atoms with Crippen LogP contribution in [0.15, 0.2) is 24.3 Å². The number of hydrogen-bond donors (Lipinski definition) is 2. The Morgan fingerprint density at radius 2 is 2.00 bits per heavy atom. The molecule has 0 atom stereocenters. The van der Waals surface area contributed by atoms with E-state index in [1.54, 1.807) is 6.07 Å². The highest BCUT2D eigenvalue weighted by Gasteiger charge is 2.24. The molecule has 0 aliphatic carbocycles. The van der Waals surface area contributed by atoms with Gasteiger partial charge in [0.2, 0.25) is 0 Å². The summed E-state index contributed by atoms with van der Waals surface area (Å²) in [5, 5.41) is 12.9. The summed E-state index contributed by atoms with van der Waals surface area (Å²) in [4.78, 5) is 2.49. The Hall–Kier alpha value is -1.06. The first-order valence-corrected chi connectivity index (χ1v) is 6.30. The summed E-state index contributed by atoms with van der Waals surface area (Å²) in [6.07, 6.45) is 0. The maximum Gasteiger partial charge on any atom is 0.115 e. The summed E-state index contributed by atoms with van der Waals surface area (Å²) in [7, 11) is 0. The molecule has 3 heteroatoms. The monoisotopic (exact) mass is 234 g/mol. The zero-order valence-electron chi connectivity index (χ0n) is 10.7. The summed E-state index contributed by atoms with van der Waals surface area (Å²) >= 11 is 0. The number of phenols is 1. The van der Waals surface area contributed by atoms with Crippen LogP contribution in [0.2, 0.25) is 0 Å². The van der Waals surface area contributed by atoms with Gasteiger partial charge in [0.15, 0.2) is 0 Å². The van der Waals surface area contributed by atoms with Gasteiger partial charge in [0.1, 0.15) is 5.75 Å². The Morgan fingerprint density at radius 1 is 1.29 bits per heavy atom. The van der Waals surface area contributed by atoms with Crippen molar-refractivity contribution in [2.75, 3.05) is 32.7 Å². The third kappa shape index (κ3) is 3.20. The highest BCUT2D eigenvalue weighted by atomic mass is 16.3. The van der Waals surface area contributed by atoms with Crippen molar-refractivity contribution in [3.05, 3.63) is 29.8 Å². The molecule has 2 rings (SSSR count). The molecule has 2 N–H and O–H groups in total. The van der Waals surface area contributed by atoms with Crippen LogP contribution in [-0.4, -0.2) is 42.7 Å². The zero-order valence-corrected chi connectivity index (χ0v) is 10.7. The van der Waals surface area contributed by atoms with Crippen molar-refractivity contribution in [2.24, 2.45) is 0 Å². The third-order valence-corrected chi connectivity index (χ3v) is 3.46. The van der Waals surface area contributed by atoms with Gasteiger partial charge < -0.3 is 10.4 Å². The molecule has 0 radical (unpaired) electrons. The number of piperazine rings is 1. The smallest absolute Gasteiger partial charge is 0.115 e. The van der Waals surface area contributed by atoms with Crippen molar-refractivity contribution in [1.29, 1.82) is 0 Å². The molecular formula is C14H22N2O. The summed E-state index contributed by atoms with van der Waals surface area (Å²) in [5.74, 6) is 0.357. The fraction of sp³-hybridized carbons (Fsp3) is 0.571. The van der Waals surface area contributed by atoms with E-state index in [0.29, 0.717) is 5.75 Å². The minimum Gasteiger partial charge on any atom is -0.508 e. The fourth-order valence-electron chi connectivity index (χ4n) is 2.45. The molecule has 0 spiro atoms. The fourth-order valence-corrected chi connectivity index (χ4v) is 2.45. The number of nitrogens with one attached hydrogen (secondary N) is 1. The van der Waals surface area contributed by atoms with Crippen LogP contribution in [-0.2, 0) is 5.41 Å². The van der Waals surface area contributed by atoms with Gasteiger partial charge in [-0.3, -0.25) is 4.90 Å². The topological polar surface area (TPSA) is 35.5 Å². The first kappa shape index (κ1) is 12.4. The second-order valence-electron chi connectivity index (χ2n) is 5.46. The van der Waals surface area contributed by atoms with Gasteiger partial charge in [0, 0.05) is 38.1 Å². The highest BCUT2D eigenvalue weighted by Crippen LogP contribution is 2.27. The van der Waals surface area contributed by atoms with Gasteiger partial charge in [-0.1, -0.05) is 26.0 Å². The Morgan fingerprint density at radius 3 is 2.65 bits per heavy atom. The standard InChI is InChI=1S/C14H22N2O/c1-14(2,11-16-8-6-15-7-9-16)12-4-3-5-13(17)10-12/h3-5,10,15,17H,6-9,11H2,1-2H3. The van der Waals surface area contributed by atoms with E-state index in [4.69, 9.17) is 0 Å². The second-order valence-corrected chi connectivity index (χ2v) is 5.46. The van der Waals surface area contributed by atoms with Gasteiger partial charge >= 0.3 is 0 Å². The van der Waals surface area contributed by atoms with Crippen LogP contribution >= 0.6 is 0 Å². The lowest BCUT2D eigenvalue weighted by Crippen LogP contribution is -2.47. The SMILES string of the molecule is CC(C)(CN1CCNCC1)c1cccc(O)c1. The van der Waals surface area contributed by atoms with Crippen molar-refractivity contribution in [3.8, 4) is 5.75 Å². The quantitative estimate of drug-likeness (QED) is 0.833. The number of aromatic hydroxyl groups is 1. The maximum absolute atomic E-state index is 9.56. The number of hydrogen-bond acceptors (Lipinski definition) is 3. The Labute approximate surface area is 103 Å². The average molecular weight is 234 g/mol. The molecule has 0 aromatic heterocycles. The van der Waals surface area contributed by atoms with E-state index in [2.05, 4.69) is 30.1 Å². The highest BCUT2D eigenvalue weighted by molar-refractivity contribution is 5.32. The van der Waals surface area contributed by atoms with Gasteiger partial charge in [-0.25, -0.2) is 0 Å². The largest absolute Gasteiger partial charge is 0.508 e. The normalized spacial score (nSPS) is 18.2. The summed E-state index contributed by atoms with van der Waals surface area (Å²) in [6, 6.07) is 7.62. The molecule has 1 aromatic carbocycles. The molecule has 17 heavy (non-hydrogen) atoms. The molecule has 1 heterocycles. The van der Waals surface area contributed by atoms with Crippen molar-refractivity contribution >= 4 is 0 Å². The van der Waals surface area contributed by atoms with Crippen LogP contribution in [0.4, 0.5) is 0 Å². The molecule has 3 nitrogen and oxygen atoms in total. The average Bonchev–Trinajstić information content (AvgIpc) is 2.30. The van der Waals surface area contributed by atoms with E-state index in [0.717, 1.165) is 32.7 Å². The number of rotatable bonds is 3. The lowest BCUT2D eigenvalue weighted by molar-refractivity contribution is 0.200. The first-order chi connectivity index (χ1) is 8.08. The van der Waals surface area contributed by atoms with Crippen LogP contribution in [0.3, 0.4) is 0 Å². The molecular weight excluding hydrogens is 212 g/mol. The predicted octanol–water partition coefficient (Wildman–Crippen LogP) is 1.57. The van der Waals surface area contributed by atoms with Gasteiger partial charge in [0.25, 0.3) is 0 Å². The Balaban J connectivity index is 2.06. The van der Waals surface area contributed by atoms with Gasteiger partial charge in [-0.05, 0) is 17.7 Å². The van der Waals surface area contributed by atoms with Crippen molar-refractivity contribution in [2.45, 2.75) is 19.3 Å². The van der Waals surface area contributed by atoms with Crippen LogP contribution in [0.1, 0.15) is 19.4 Å². The van der Waals surface area contributed by atoms with Crippen LogP contribution in [0, 0.1) is 0 Å². The van der Waals surface area contributed by atoms with E-state index in [1.807, 2.05) is 12.1 Å². The molecule has 1 aliphatic rings. The van der Waals surface area contributed by atoms with Crippen LogP contribution in [0.25, 0.3) is 0 Å². The summed E-state index contributed by atoms with van der Waals surface area (Å²) in [6.45, 7) is 9.91. The van der Waals surface area contributed by atoms with Crippen LogP contribution < -0.4 is 5.32 Å². The van der Waals surface area contributed by atoms with Crippen molar-refractivity contribution in [1.82, 2.24) is 10.2 Å². The van der Waals surface area contributed by atoms with E-state index in [-0.39, 0.29) is 5.41 Å². The van der Waals surface area contributed by atoms with Crippen molar-refractivity contribution < 1.29 is 5.11 Å². The van der Waals surface area contributed by atoms with E-state index >= 15 is 0 Å². The minimum absolute atomic E-state index is 0.0794.